The molecule has 9 nitrogen and oxygen atoms in total. The third-order valence-electron chi connectivity index (χ3n) is 9.98. The molecular formula is C45H36I3N7O2. The molecule has 0 unspecified atom stereocenters. The van der Waals surface area contributed by atoms with Gasteiger partial charge in [-0.1, -0.05) is 12.1 Å². The number of hydrogen-bond donors (Lipinski definition) is 3. The number of carboxylic acid groups (broad SMARTS) is 1. The second-order valence-corrected chi connectivity index (χ2v) is 13.6. The number of aromatic carboxylic acids is 1. The molecule has 8 bridgehead atoms. The Morgan fingerprint density at radius 1 is 0.439 bits per heavy atom. The molecule has 3 N–H and O–H groups in total. The molecular weight excluding hydrogens is 1050 g/mol. The van der Waals surface area contributed by atoms with Crippen LogP contribution in [0.25, 0.3) is 90.9 Å². The van der Waals surface area contributed by atoms with Crippen molar-refractivity contribution in [3.8, 4) is 44.5 Å². The summed E-state index contributed by atoms with van der Waals surface area (Å²) in [6, 6.07) is 28.0. The van der Waals surface area contributed by atoms with Gasteiger partial charge in [0, 0.05) is 80.7 Å². The van der Waals surface area contributed by atoms with Crippen LogP contribution in [0.2, 0.25) is 0 Å². The standard InChI is InChI=1S/C45H33N7O2.3HI/c1-50-22-16-29(17-23-50)42-35-10-8-33(46-35)41(28-4-6-32(7-5-28)45(53)54)34-9-11-36(47-34)43(30-18-24-51(2)25-19-30)38-13-15-40(49-38)44(39-14-12-37(42)48-39)31-20-26-52(3)27-21-31;;;/h4-27H,1-3H3;3*1H. The van der Waals surface area contributed by atoms with Crippen molar-refractivity contribution < 1.29 is 95.5 Å². The third kappa shape index (κ3) is 8.07. The number of benzene rings is 1. The number of aryl methyl sites for hydroxylation is 3. The van der Waals surface area contributed by atoms with Crippen molar-refractivity contribution in [1.82, 2.24) is 19.9 Å². The molecule has 57 heavy (non-hydrogen) atoms. The zero-order valence-corrected chi connectivity index (χ0v) is 37.6. The minimum Gasteiger partial charge on any atom is -1.00 e. The fourth-order valence-corrected chi connectivity index (χ4v) is 7.20. The van der Waals surface area contributed by atoms with Crippen LogP contribution in [0, 0.1) is 0 Å². The SMILES string of the molecule is C[n+]1ccc(-c2c3nc(c(-c4cc[n+](C)cc4)c4ccc([nH]4)c(-c4cc[n+](C)cc4)c4nc(c(-c5ccc(C(=O)O)cc5)c5ccc2[nH]5)C=C4)C=C3)cc1.[I-].[I-].[I-]. The summed E-state index contributed by atoms with van der Waals surface area (Å²) in [5.41, 5.74) is 14.7. The summed E-state index contributed by atoms with van der Waals surface area (Å²) in [5, 5.41) is 9.68. The van der Waals surface area contributed by atoms with Crippen molar-refractivity contribution in [3.05, 3.63) is 150 Å². The number of fused-ring (bicyclic) bond motifs is 8. The zero-order valence-electron chi connectivity index (χ0n) is 31.1. The van der Waals surface area contributed by atoms with E-state index in [1.54, 1.807) is 12.1 Å². The maximum absolute atomic E-state index is 11.8. The van der Waals surface area contributed by atoms with E-state index in [-0.39, 0.29) is 77.5 Å². The van der Waals surface area contributed by atoms with E-state index in [9.17, 15) is 9.90 Å². The lowest BCUT2D eigenvalue weighted by molar-refractivity contribution is -0.671. The van der Waals surface area contributed by atoms with Gasteiger partial charge in [0.2, 0.25) is 0 Å². The number of nitrogens with zero attached hydrogens (tertiary/aromatic N) is 5. The van der Waals surface area contributed by atoms with Gasteiger partial charge in [0.05, 0.1) is 28.3 Å². The fourth-order valence-electron chi connectivity index (χ4n) is 7.20. The lowest BCUT2D eigenvalue weighted by atomic mass is 10.0. The predicted octanol–water partition coefficient (Wildman–Crippen LogP) is -1.49. The molecule has 0 atom stereocenters. The fraction of sp³-hybridized carbons (Fsp3) is 0.0667. The molecule has 284 valence electrons. The van der Waals surface area contributed by atoms with Crippen molar-refractivity contribution in [2.24, 2.45) is 21.1 Å². The Balaban J connectivity index is 0.00000183. The van der Waals surface area contributed by atoms with Gasteiger partial charge in [-0.25, -0.2) is 28.5 Å². The van der Waals surface area contributed by atoms with Crippen LogP contribution in [0.5, 0.6) is 0 Å². The Morgan fingerprint density at radius 3 is 0.965 bits per heavy atom. The molecule has 7 aromatic rings. The summed E-state index contributed by atoms with van der Waals surface area (Å²) in [6.07, 6.45) is 20.5. The number of aromatic nitrogens is 7. The highest BCUT2D eigenvalue weighted by Gasteiger charge is 2.20. The highest BCUT2D eigenvalue weighted by molar-refractivity contribution is 6.00. The third-order valence-corrected chi connectivity index (χ3v) is 9.98. The van der Waals surface area contributed by atoms with Crippen LogP contribution in [0.4, 0.5) is 0 Å². The minimum absolute atomic E-state index is 0. The first kappa shape index (κ1) is 41.6. The molecule has 8 heterocycles. The van der Waals surface area contributed by atoms with Gasteiger partial charge < -0.3 is 87.0 Å². The molecule has 0 saturated carbocycles. The summed E-state index contributed by atoms with van der Waals surface area (Å²) < 4.78 is 6.05. The van der Waals surface area contributed by atoms with E-state index in [0.717, 1.165) is 89.4 Å². The number of carbonyl (C=O) groups is 1. The predicted molar refractivity (Wildman–Crippen MR) is 211 cm³/mol. The number of H-pyrrole nitrogens is 2. The van der Waals surface area contributed by atoms with Crippen molar-refractivity contribution in [2.45, 2.75) is 0 Å². The van der Waals surface area contributed by atoms with E-state index >= 15 is 0 Å². The largest absolute Gasteiger partial charge is 1.00 e. The lowest BCUT2D eigenvalue weighted by Crippen LogP contribution is -3.00. The van der Waals surface area contributed by atoms with E-state index in [0.29, 0.717) is 0 Å². The van der Waals surface area contributed by atoms with Crippen LogP contribution in [-0.2, 0) is 21.1 Å². The zero-order chi connectivity index (χ0) is 36.9. The Kier molecular flexibility index (Phi) is 12.5. The van der Waals surface area contributed by atoms with E-state index in [4.69, 9.17) is 9.97 Å². The normalized spacial score (nSPS) is 11.4. The number of halogens is 3. The second-order valence-electron chi connectivity index (χ2n) is 13.6. The van der Waals surface area contributed by atoms with Crippen molar-refractivity contribution in [2.75, 3.05) is 0 Å². The molecule has 12 heteroatoms. The van der Waals surface area contributed by atoms with Crippen molar-refractivity contribution in [3.63, 3.8) is 0 Å². The minimum atomic E-state index is -0.972. The van der Waals surface area contributed by atoms with Crippen LogP contribution in [0.3, 0.4) is 0 Å². The molecule has 0 spiro atoms. The lowest BCUT2D eigenvalue weighted by Gasteiger charge is -2.06. The quantitative estimate of drug-likeness (QED) is 0.145. The van der Waals surface area contributed by atoms with E-state index in [2.05, 4.69) is 101 Å². The van der Waals surface area contributed by atoms with Crippen LogP contribution < -0.4 is 85.6 Å². The first-order valence-corrected chi connectivity index (χ1v) is 17.7. The molecule has 1 aromatic carbocycles. The molecule has 6 aromatic heterocycles. The number of carboxylic acids is 1. The Bertz CT molecular complexity index is 2820. The molecule has 0 radical (unpaired) electrons. The maximum Gasteiger partial charge on any atom is 0.335 e. The first-order valence-electron chi connectivity index (χ1n) is 17.7. The van der Waals surface area contributed by atoms with Crippen LogP contribution in [0.1, 0.15) is 33.1 Å². The summed E-state index contributed by atoms with van der Waals surface area (Å²) in [5.74, 6) is -0.972. The van der Waals surface area contributed by atoms with Crippen molar-refractivity contribution in [1.29, 1.82) is 0 Å². The first-order chi connectivity index (χ1) is 26.3. The van der Waals surface area contributed by atoms with Crippen LogP contribution >= 0.6 is 0 Å². The molecule has 9 rings (SSSR count). The monoisotopic (exact) mass is 1090 g/mol. The summed E-state index contributed by atoms with van der Waals surface area (Å²) >= 11 is 0. The van der Waals surface area contributed by atoms with E-state index in [1.165, 1.54) is 0 Å². The topological polar surface area (TPSA) is 106 Å². The average molecular weight is 1090 g/mol. The average Bonchev–Trinajstić information content (AvgIpc) is 4.02. The molecule has 0 saturated heterocycles. The van der Waals surface area contributed by atoms with Gasteiger partial charge in [0.1, 0.15) is 21.1 Å². The van der Waals surface area contributed by atoms with Gasteiger partial charge in [0.25, 0.3) is 0 Å². The Morgan fingerprint density at radius 2 is 0.702 bits per heavy atom. The summed E-state index contributed by atoms with van der Waals surface area (Å²) in [7, 11) is 6.02. The number of pyridine rings is 3. The Labute approximate surface area is 380 Å². The summed E-state index contributed by atoms with van der Waals surface area (Å²) in [4.78, 5) is 30.0. The molecule has 0 aliphatic carbocycles. The number of hydrogen-bond acceptors (Lipinski definition) is 3. The molecule has 0 amide bonds. The van der Waals surface area contributed by atoms with Gasteiger partial charge in [0.15, 0.2) is 37.2 Å². The van der Waals surface area contributed by atoms with Gasteiger partial charge in [-0.3, -0.25) is 0 Å². The highest BCUT2D eigenvalue weighted by atomic mass is 127. The van der Waals surface area contributed by atoms with Crippen LogP contribution in [-0.4, -0.2) is 31.0 Å². The highest BCUT2D eigenvalue weighted by Crippen LogP contribution is 2.38. The number of aromatic amines is 2. The number of rotatable bonds is 5. The van der Waals surface area contributed by atoms with E-state index in [1.807, 2.05) is 77.8 Å². The van der Waals surface area contributed by atoms with Crippen LogP contribution in [0.15, 0.2) is 122 Å². The van der Waals surface area contributed by atoms with Gasteiger partial charge >= 0.3 is 5.97 Å². The molecule has 2 aliphatic heterocycles. The van der Waals surface area contributed by atoms with Gasteiger partial charge in [-0.2, -0.15) is 0 Å². The van der Waals surface area contributed by atoms with Crippen molar-refractivity contribution >= 4 is 52.3 Å². The Hall–Kier alpha value is -5.07. The van der Waals surface area contributed by atoms with E-state index < -0.39 is 5.97 Å². The maximum atomic E-state index is 11.8. The number of nitrogens with one attached hydrogen (secondary N) is 2. The smallest absolute Gasteiger partial charge is 0.335 e. The van der Waals surface area contributed by atoms with Gasteiger partial charge in [-0.05, 0) is 83.0 Å². The second kappa shape index (κ2) is 17.2. The summed E-state index contributed by atoms with van der Waals surface area (Å²) in [6.45, 7) is 0. The molecule has 2 aliphatic rings. The van der Waals surface area contributed by atoms with Gasteiger partial charge in [-0.15, -0.1) is 0 Å². The molecule has 0 fully saturated rings.